The number of amides is 1. The molecule has 1 heterocycles. The summed E-state index contributed by atoms with van der Waals surface area (Å²) in [6.45, 7) is 2.33. The van der Waals surface area contributed by atoms with Gasteiger partial charge >= 0.3 is 0 Å². The third-order valence-corrected chi connectivity index (χ3v) is 3.52. The molecule has 1 aromatic heterocycles. The maximum absolute atomic E-state index is 12.0. The van der Waals surface area contributed by atoms with E-state index in [0.717, 1.165) is 9.88 Å². The highest BCUT2D eigenvalue weighted by atomic mass is 32.1. The second-order valence-corrected chi connectivity index (χ2v) is 5.37. The van der Waals surface area contributed by atoms with Crippen molar-refractivity contribution < 1.29 is 4.79 Å². The van der Waals surface area contributed by atoms with E-state index in [1.54, 1.807) is 18.3 Å². The SMILES string of the molecule is Cc1cnc(CNC(=O)C(C#N)c2ccccc2)s1. The highest BCUT2D eigenvalue weighted by Gasteiger charge is 2.19. The minimum absolute atomic E-state index is 0.290. The first-order valence-electron chi connectivity index (χ1n) is 5.84. The molecule has 0 bridgehead atoms. The first kappa shape index (κ1) is 13.2. The predicted molar refractivity (Wildman–Crippen MR) is 73.5 cm³/mol. The number of aromatic nitrogens is 1. The van der Waals surface area contributed by atoms with E-state index in [-0.39, 0.29) is 5.91 Å². The van der Waals surface area contributed by atoms with Gasteiger partial charge in [-0.2, -0.15) is 5.26 Å². The minimum atomic E-state index is -0.776. The highest BCUT2D eigenvalue weighted by Crippen LogP contribution is 2.15. The van der Waals surface area contributed by atoms with Crippen LogP contribution in [0.15, 0.2) is 36.5 Å². The zero-order valence-corrected chi connectivity index (χ0v) is 11.3. The number of benzene rings is 1. The summed E-state index contributed by atoms with van der Waals surface area (Å²) in [4.78, 5) is 17.3. The van der Waals surface area contributed by atoms with E-state index in [2.05, 4.69) is 10.3 Å². The van der Waals surface area contributed by atoms with Gasteiger partial charge in [-0.05, 0) is 12.5 Å². The average molecular weight is 271 g/mol. The van der Waals surface area contributed by atoms with Crippen LogP contribution in [0, 0.1) is 18.3 Å². The molecule has 0 spiro atoms. The van der Waals surface area contributed by atoms with Crippen LogP contribution in [0.1, 0.15) is 21.4 Å². The Morgan fingerprint density at radius 2 is 2.21 bits per heavy atom. The number of nitriles is 1. The molecule has 0 aliphatic rings. The lowest BCUT2D eigenvalue weighted by Gasteiger charge is -2.09. The molecule has 1 N–H and O–H groups in total. The Bertz CT molecular complexity index is 601. The zero-order valence-electron chi connectivity index (χ0n) is 10.5. The molecule has 96 valence electrons. The Morgan fingerprint density at radius 1 is 1.47 bits per heavy atom. The summed E-state index contributed by atoms with van der Waals surface area (Å²) in [7, 11) is 0. The molecule has 1 unspecified atom stereocenters. The number of nitrogens with zero attached hydrogens (tertiary/aromatic N) is 2. The maximum atomic E-state index is 12.0. The van der Waals surface area contributed by atoms with Gasteiger partial charge in [-0.1, -0.05) is 30.3 Å². The summed E-state index contributed by atoms with van der Waals surface area (Å²) in [6.07, 6.45) is 1.77. The molecular weight excluding hydrogens is 258 g/mol. The summed E-state index contributed by atoms with van der Waals surface area (Å²) in [5.41, 5.74) is 0.706. The van der Waals surface area contributed by atoms with Gasteiger partial charge in [0, 0.05) is 11.1 Å². The lowest BCUT2D eigenvalue weighted by atomic mass is 10.00. The summed E-state index contributed by atoms with van der Waals surface area (Å²) in [5.74, 6) is -1.07. The molecule has 0 saturated heterocycles. The van der Waals surface area contributed by atoms with Gasteiger partial charge in [-0.3, -0.25) is 4.79 Å². The van der Waals surface area contributed by atoms with E-state index in [1.165, 1.54) is 11.3 Å². The molecule has 0 aliphatic heterocycles. The summed E-state index contributed by atoms with van der Waals surface area (Å²) < 4.78 is 0. The lowest BCUT2D eigenvalue weighted by molar-refractivity contribution is -0.121. The van der Waals surface area contributed by atoms with Crippen molar-refractivity contribution >= 4 is 17.2 Å². The van der Waals surface area contributed by atoms with E-state index in [4.69, 9.17) is 5.26 Å². The van der Waals surface area contributed by atoms with Gasteiger partial charge in [-0.15, -0.1) is 11.3 Å². The summed E-state index contributed by atoms with van der Waals surface area (Å²) >= 11 is 1.54. The van der Waals surface area contributed by atoms with Crippen molar-refractivity contribution in [2.24, 2.45) is 0 Å². The number of nitrogens with one attached hydrogen (secondary N) is 1. The molecule has 0 fully saturated rings. The van der Waals surface area contributed by atoms with Gasteiger partial charge in [0.1, 0.15) is 10.9 Å². The minimum Gasteiger partial charge on any atom is -0.348 e. The van der Waals surface area contributed by atoms with Crippen LogP contribution in [0.4, 0.5) is 0 Å². The highest BCUT2D eigenvalue weighted by molar-refractivity contribution is 7.11. The van der Waals surface area contributed by atoms with Crippen LogP contribution in [0.25, 0.3) is 0 Å². The van der Waals surface area contributed by atoms with Crippen molar-refractivity contribution in [3.05, 3.63) is 52.0 Å². The van der Waals surface area contributed by atoms with Crippen LogP contribution in [0.5, 0.6) is 0 Å². The average Bonchev–Trinajstić information content (AvgIpc) is 2.84. The first-order valence-corrected chi connectivity index (χ1v) is 6.66. The maximum Gasteiger partial charge on any atom is 0.242 e. The van der Waals surface area contributed by atoms with Crippen LogP contribution < -0.4 is 5.32 Å². The Kier molecular flexibility index (Phi) is 4.26. The molecule has 1 aromatic carbocycles. The Labute approximate surface area is 115 Å². The van der Waals surface area contributed by atoms with Crippen molar-refractivity contribution in [1.82, 2.24) is 10.3 Å². The van der Waals surface area contributed by atoms with Crippen LogP contribution >= 0.6 is 11.3 Å². The number of hydrogen-bond donors (Lipinski definition) is 1. The topological polar surface area (TPSA) is 65.8 Å². The summed E-state index contributed by atoms with van der Waals surface area (Å²) in [6, 6.07) is 11.1. The molecule has 4 nitrogen and oxygen atoms in total. The number of carbonyl (C=O) groups is 1. The van der Waals surface area contributed by atoms with Crippen LogP contribution in [-0.2, 0) is 11.3 Å². The van der Waals surface area contributed by atoms with E-state index in [0.29, 0.717) is 12.1 Å². The predicted octanol–water partition coefficient (Wildman–Crippen LogP) is 2.38. The second-order valence-electron chi connectivity index (χ2n) is 4.06. The number of thiazole rings is 1. The molecule has 0 saturated carbocycles. The molecule has 1 amide bonds. The molecule has 2 rings (SSSR count). The van der Waals surface area contributed by atoms with Crippen molar-refractivity contribution in [3.8, 4) is 6.07 Å². The Morgan fingerprint density at radius 3 is 2.79 bits per heavy atom. The van der Waals surface area contributed by atoms with E-state index in [1.807, 2.05) is 31.2 Å². The second kappa shape index (κ2) is 6.12. The largest absolute Gasteiger partial charge is 0.348 e. The summed E-state index contributed by atoms with van der Waals surface area (Å²) in [5, 5.41) is 12.7. The van der Waals surface area contributed by atoms with Gasteiger partial charge in [-0.25, -0.2) is 4.98 Å². The molecule has 0 radical (unpaired) electrons. The van der Waals surface area contributed by atoms with Gasteiger partial charge in [0.25, 0.3) is 0 Å². The molecule has 19 heavy (non-hydrogen) atoms. The third kappa shape index (κ3) is 3.39. The fraction of sp³-hybridized carbons (Fsp3) is 0.214. The van der Waals surface area contributed by atoms with Gasteiger partial charge in [0.2, 0.25) is 5.91 Å². The molecule has 1 atom stereocenters. The number of aryl methyl sites for hydroxylation is 1. The molecule has 2 aromatic rings. The van der Waals surface area contributed by atoms with Crippen molar-refractivity contribution in [2.75, 3.05) is 0 Å². The lowest BCUT2D eigenvalue weighted by Crippen LogP contribution is -2.28. The fourth-order valence-corrected chi connectivity index (χ4v) is 2.40. The first-order chi connectivity index (χ1) is 9.20. The molecular formula is C14H13N3OS. The smallest absolute Gasteiger partial charge is 0.242 e. The van der Waals surface area contributed by atoms with E-state index in [9.17, 15) is 4.79 Å². The monoisotopic (exact) mass is 271 g/mol. The number of carbonyl (C=O) groups excluding carboxylic acids is 1. The Balaban J connectivity index is 2.00. The zero-order chi connectivity index (χ0) is 13.7. The molecule has 5 heteroatoms. The normalized spacial score (nSPS) is 11.6. The molecule has 0 aliphatic carbocycles. The van der Waals surface area contributed by atoms with Gasteiger partial charge in [0.15, 0.2) is 0 Å². The number of rotatable bonds is 4. The standard InChI is InChI=1S/C14H13N3OS/c1-10-8-16-13(19-10)9-17-14(18)12(7-15)11-5-3-2-4-6-11/h2-6,8,12H,9H2,1H3,(H,17,18). The quantitative estimate of drug-likeness (QED) is 0.928. The van der Waals surface area contributed by atoms with E-state index < -0.39 is 5.92 Å². The van der Waals surface area contributed by atoms with E-state index >= 15 is 0 Å². The van der Waals surface area contributed by atoms with Gasteiger partial charge < -0.3 is 5.32 Å². The van der Waals surface area contributed by atoms with Crippen LogP contribution in [-0.4, -0.2) is 10.9 Å². The van der Waals surface area contributed by atoms with Gasteiger partial charge in [0.05, 0.1) is 12.6 Å². The third-order valence-electron chi connectivity index (χ3n) is 2.61. The van der Waals surface area contributed by atoms with Crippen LogP contribution in [0.2, 0.25) is 0 Å². The Hall–Kier alpha value is -2.19. The van der Waals surface area contributed by atoms with Crippen LogP contribution in [0.3, 0.4) is 0 Å². The van der Waals surface area contributed by atoms with Crippen molar-refractivity contribution in [3.63, 3.8) is 0 Å². The number of hydrogen-bond acceptors (Lipinski definition) is 4. The van der Waals surface area contributed by atoms with Crippen molar-refractivity contribution in [2.45, 2.75) is 19.4 Å². The van der Waals surface area contributed by atoms with Crippen molar-refractivity contribution in [1.29, 1.82) is 5.26 Å². The fourth-order valence-electron chi connectivity index (χ4n) is 1.68.